The molecule has 0 bridgehead atoms. The SMILES string of the molecule is CC(C)Cn1c(=O)[nH]c(=O)c2c(C(=O)NCc3ccccn3)cc(C(C)C)nc21. The zero-order chi connectivity index (χ0) is 21.1. The summed E-state index contributed by atoms with van der Waals surface area (Å²) in [5.41, 5.74) is 0.646. The molecule has 0 radical (unpaired) electrons. The standard InChI is InChI=1S/C21H25N5O3/c1-12(2)11-26-18-17(20(28)25-21(26)29)15(9-16(24-18)13(3)4)19(27)23-10-14-7-5-6-8-22-14/h5-9,12-13H,10-11H2,1-4H3,(H,23,27)(H,25,28,29). The van der Waals surface area contributed by atoms with E-state index in [0.29, 0.717) is 17.9 Å². The maximum absolute atomic E-state index is 13.0. The number of nitrogens with one attached hydrogen (secondary N) is 2. The van der Waals surface area contributed by atoms with E-state index in [-0.39, 0.29) is 35.0 Å². The second-order valence-electron chi connectivity index (χ2n) is 7.72. The summed E-state index contributed by atoms with van der Waals surface area (Å²) >= 11 is 0. The second kappa shape index (κ2) is 8.38. The van der Waals surface area contributed by atoms with Crippen molar-refractivity contribution in [2.75, 3.05) is 0 Å². The first-order valence-electron chi connectivity index (χ1n) is 9.63. The Kier molecular flexibility index (Phi) is 5.91. The van der Waals surface area contributed by atoms with Gasteiger partial charge in [-0.1, -0.05) is 33.8 Å². The molecule has 0 saturated carbocycles. The van der Waals surface area contributed by atoms with Crippen molar-refractivity contribution in [2.45, 2.75) is 46.7 Å². The van der Waals surface area contributed by atoms with Gasteiger partial charge in [-0.05, 0) is 30.0 Å². The molecule has 0 aliphatic carbocycles. The molecule has 3 rings (SSSR count). The Hall–Kier alpha value is -3.29. The third-order valence-electron chi connectivity index (χ3n) is 4.51. The number of H-pyrrole nitrogens is 1. The summed E-state index contributed by atoms with van der Waals surface area (Å²) in [4.78, 5) is 49.1. The van der Waals surface area contributed by atoms with Crippen LogP contribution in [-0.4, -0.2) is 25.4 Å². The fourth-order valence-electron chi connectivity index (χ4n) is 3.07. The Bertz CT molecular complexity index is 1150. The van der Waals surface area contributed by atoms with Crippen molar-refractivity contribution in [1.29, 1.82) is 0 Å². The summed E-state index contributed by atoms with van der Waals surface area (Å²) in [5.74, 6) is -0.235. The van der Waals surface area contributed by atoms with Crippen molar-refractivity contribution >= 4 is 16.9 Å². The maximum atomic E-state index is 13.0. The molecule has 1 amide bonds. The van der Waals surface area contributed by atoms with Crippen LogP contribution >= 0.6 is 0 Å². The van der Waals surface area contributed by atoms with Crippen molar-refractivity contribution in [1.82, 2.24) is 24.8 Å². The van der Waals surface area contributed by atoms with Gasteiger partial charge in [0.2, 0.25) is 0 Å². The quantitative estimate of drug-likeness (QED) is 0.665. The van der Waals surface area contributed by atoms with Crippen LogP contribution in [0.4, 0.5) is 0 Å². The lowest BCUT2D eigenvalue weighted by atomic mass is 10.0. The van der Waals surface area contributed by atoms with Gasteiger partial charge in [0.15, 0.2) is 5.65 Å². The number of carbonyl (C=O) groups excluding carboxylic acids is 1. The van der Waals surface area contributed by atoms with E-state index in [1.807, 2.05) is 33.8 Å². The number of carbonyl (C=O) groups is 1. The predicted molar refractivity (Wildman–Crippen MR) is 111 cm³/mol. The molecular formula is C21H25N5O3. The average molecular weight is 395 g/mol. The Balaban J connectivity index is 2.15. The lowest BCUT2D eigenvalue weighted by molar-refractivity contribution is 0.0951. The number of hydrogen-bond donors (Lipinski definition) is 2. The summed E-state index contributed by atoms with van der Waals surface area (Å²) < 4.78 is 1.43. The van der Waals surface area contributed by atoms with Crippen LogP contribution in [0.3, 0.4) is 0 Å². The van der Waals surface area contributed by atoms with E-state index in [4.69, 9.17) is 0 Å². The van der Waals surface area contributed by atoms with Crippen LogP contribution in [0.15, 0.2) is 40.1 Å². The van der Waals surface area contributed by atoms with Crippen LogP contribution in [0.2, 0.25) is 0 Å². The number of rotatable bonds is 6. The van der Waals surface area contributed by atoms with E-state index in [0.717, 1.165) is 0 Å². The van der Waals surface area contributed by atoms with Crippen molar-refractivity contribution in [3.8, 4) is 0 Å². The number of amides is 1. The normalized spacial score (nSPS) is 11.4. The molecular weight excluding hydrogens is 370 g/mol. The minimum absolute atomic E-state index is 0.0172. The molecule has 8 heteroatoms. The van der Waals surface area contributed by atoms with Gasteiger partial charge in [-0.2, -0.15) is 0 Å². The average Bonchev–Trinajstić information content (AvgIpc) is 2.68. The first-order chi connectivity index (χ1) is 13.8. The molecule has 2 N–H and O–H groups in total. The van der Waals surface area contributed by atoms with Gasteiger partial charge in [0.1, 0.15) is 0 Å². The molecule has 0 aliphatic rings. The lowest BCUT2D eigenvalue weighted by Crippen LogP contribution is -2.34. The summed E-state index contributed by atoms with van der Waals surface area (Å²) in [6, 6.07) is 7.06. The van der Waals surface area contributed by atoms with Crippen molar-refractivity contribution < 1.29 is 4.79 Å². The Morgan fingerprint density at radius 1 is 1.21 bits per heavy atom. The fraction of sp³-hybridized carbons (Fsp3) is 0.381. The third-order valence-corrected chi connectivity index (χ3v) is 4.51. The monoisotopic (exact) mass is 395 g/mol. The van der Waals surface area contributed by atoms with Gasteiger partial charge in [0.05, 0.1) is 23.2 Å². The number of aromatic nitrogens is 4. The van der Waals surface area contributed by atoms with Crippen LogP contribution in [0, 0.1) is 5.92 Å². The van der Waals surface area contributed by atoms with Gasteiger partial charge in [-0.3, -0.25) is 24.1 Å². The van der Waals surface area contributed by atoms with E-state index in [1.54, 1.807) is 24.4 Å². The van der Waals surface area contributed by atoms with Crippen molar-refractivity contribution in [3.05, 3.63) is 68.3 Å². The van der Waals surface area contributed by atoms with E-state index >= 15 is 0 Å². The summed E-state index contributed by atoms with van der Waals surface area (Å²) in [6.45, 7) is 8.44. The highest BCUT2D eigenvalue weighted by Crippen LogP contribution is 2.20. The molecule has 3 aromatic rings. The van der Waals surface area contributed by atoms with Crippen LogP contribution in [-0.2, 0) is 13.1 Å². The Labute approximate surface area is 168 Å². The van der Waals surface area contributed by atoms with Gasteiger partial charge in [-0.25, -0.2) is 9.78 Å². The van der Waals surface area contributed by atoms with Crippen LogP contribution in [0.5, 0.6) is 0 Å². The van der Waals surface area contributed by atoms with Crippen molar-refractivity contribution in [2.24, 2.45) is 5.92 Å². The molecule has 0 saturated heterocycles. The molecule has 0 unspecified atom stereocenters. The minimum Gasteiger partial charge on any atom is -0.346 e. The zero-order valence-electron chi connectivity index (χ0n) is 17.0. The first kappa shape index (κ1) is 20.4. The highest BCUT2D eigenvalue weighted by Gasteiger charge is 2.20. The second-order valence-corrected chi connectivity index (χ2v) is 7.72. The largest absolute Gasteiger partial charge is 0.346 e. The predicted octanol–water partition coefficient (Wildman–Crippen LogP) is 2.19. The topological polar surface area (TPSA) is 110 Å². The Morgan fingerprint density at radius 2 is 1.97 bits per heavy atom. The van der Waals surface area contributed by atoms with E-state index in [9.17, 15) is 14.4 Å². The maximum Gasteiger partial charge on any atom is 0.330 e. The minimum atomic E-state index is -0.615. The van der Waals surface area contributed by atoms with E-state index in [2.05, 4.69) is 20.3 Å². The fourth-order valence-corrected chi connectivity index (χ4v) is 3.07. The highest BCUT2D eigenvalue weighted by atomic mass is 16.2. The smallest absolute Gasteiger partial charge is 0.330 e. The number of hydrogen-bond acceptors (Lipinski definition) is 5. The molecule has 3 heterocycles. The van der Waals surface area contributed by atoms with E-state index < -0.39 is 17.2 Å². The zero-order valence-corrected chi connectivity index (χ0v) is 17.0. The number of pyridine rings is 2. The molecule has 0 aromatic carbocycles. The highest BCUT2D eigenvalue weighted by molar-refractivity contribution is 6.05. The van der Waals surface area contributed by atoms with Gasteiger partial charge in [0.25, 0.3) is 11.5 Å². The van der Waals surface area contributed by atoms with Crippen LogP contribution in [0.1, 0.15) is 55.4 Å². The number of aromatic amines is 1. The molecule has 0 aliphatic heterocycles. The summed E-state index contributed by atoms with van der Waals surface area (Å²) in [5, 5.41) is 2.92. The number of fused-ring (bicyclic) bond motifs is 1. The molecule has 3 aromatic heterocycles. The molecule has 29 heavy (non-hydrogen) atoms. The molecule has 0 atom stereocenters. The van der Waals surface area contributed by atoms with Gasteiger partial charge >= 0.3 is 5.69 Å². The van der Waals surface area contributed by atoms with E-state index in [1.165, 1.54) is 4.57 Å². The third kappa shape index (κ3) is 4.42. The van der Waals surface area contributed by atoms with Gasteiger partial charge in [0, 0.05) is 18.4 Å². The molecule has 8 nitrogen and oxygen atoms in total. The van der Waals surface area contributed by atoms with Crippen LogP contribution < -0.4 is 16.6 Å². The molecule has 0 spiro atoms. The molecule has 0 fully saturated rings. The molecule has 152 valence electrons. The van der Waals surface area contributed by atoms with Gasteiger partial charge < -0.3 is 5.32 Å². The summed E-state index contributed by atoms with van der Waals surface area (Å²) in [6.07, 6.45) is 1.65. The van der Waals surface area contributed by atoms with Crippen molar-refractivity contribution in [3.63, 3.8) is 0 Å². The Morgan fingerprint density at radius 3 is 2.59 bits per heavy atom. The lowest BCUT2D eigenvalue weighted by Gasteiger charge is -2.16. The first-order valence-corrected chi connectivity index (χ1v) is 9.63. The summed E-state index contributed by atoms with van der Waals surface area (Å²) in [7, 11) is 0. The number of nitrogens with zero attached hydrogens (tertiary/aromatic N) is 3. The van der Waals surface area contributed by atoms with Crippen LogP contribution in [0.25, 0.3) is 11.0 Å². The van der Waals surface area contributed by atoms with Gasteiger partial charge in [-0.15, -0.1) is 0 Å².